The second-order valence-corrected chi connectivity index (χ2v) is 7.71. The zero-order valence-electron chi connectivity index (χ0n) is 16.8. The summed E-state index contributed by atoms with van der Waals surface area (Å²) in [4.78, 5) is 7.45. The zero-order valence-corrected chi connectivity index (χ0v) is 19.1. The molecule has 4 nitrogen and oxygen atoms in total. The highest BCUT2D eigenvalue weighted by molar-refractivity contribution is 14.0. The number of aliphatic imine (C=N–C) groups is 1. The van der Waals surface area contributed by atoms with Crippen molar-refractivity contribution in [3.05, 3.63) is 47.5 Å². The molecule has 0 atom stereocenters. The standard InChI is InChI=1S/C22H34N4.HI/c1-3-23-22(25-21-6-4-5-7-21)24-16-19-12-14-26(15-13-19)17-20-10-8-18(2)9-11-20;/h4-5,8-11,19,21H,3,6-7,12-17H2,1-2H3,(H2,23,24,25);1H. The predicted molar refractivity (Wildman–Crippen MR) is 126 cm³/mol. The van der Waals surface area contributed by atoms with Gasteiger partial charge < -0.3 is 10.6 Å². The second kappa shape index (κ2) is 11.7. The molecule has 0 unspecified atom stereocenters. The highest BCUT2D eigenvalue weighted by Crippen LogP contribution is 2.19. The van der Waals surface area contributed by atoms with Gasteiger partial charge in [0.2, 0.25) is 0 Å². The molecule has 5 heteroatoms. The number of rotatable bonds is 6. The van der Waals surface area contributed by atoms with Crippen LogP contribution in [0.3, 0.4) is 0 Å². The summed E-state index contributed by atoms with van der Waals surface area (Å²) in [6, 6.07) is 9.47. The first-order valence-electron chi connectivity index (χ1n) is 10.2. The van der Waals surface area contributed by atoms with Gasteiger partial charge in [0.25, 0.3) is 0 Å². The van der Waals surface area contributed by atoms with Crippen molar-refractivity contribution in [3.63, 3.8) is 0 Å². The molecule has 1 saturated heterocycles. The number of guanidine groups is 1. The van der Waals surface area contributed by atoms with E-state index in [1.165, 1.54) is 37.1 Å². The topological polar surface area (TPSA) is 39.7 Å². The van der Waals surface area contributed by atoms with Crippen molar-refractivity contribution in [3.8, 4) is 0 Å². The van der Waals surface area contributed by atoms with Gasteiger partial charge in [-0.25, -0.2) is 0 Å². The Morgan fingerprint density at radius 2 is 1.78 bits per heavy atom. The number of hydrogen-bond donors (Lipinski definition) is 2. The lowest BCUT2D eigenvalue weighted by atomic mass is 9.96. The van der Waals surface area contributed by atoms with Gasteiger partial charge >= 0.3 is 0 Å². The first-order valence-corrected chi connectivity index (χ1v) is 10.2. The Morgan fingerprint density at radius 3 is 2.41 bits per heavy atom. The van der Waals surface area contributed by atoms with E-state index in [1.807, 2.05) is 0 Å². The molecule has 1 aromatic rings. The third kappa shape index (κ3) is 7.45. The van der Waals surface area contributed by atoms with Crippen LogP contribution in [0.4, 0.5) is 0 Å². The van der Waals surface area contributed by atoms with Gasteiger partial charge in [-0.15, -0.1) is 24.0 Å². The molecule has 0 spiro atoms. The lowest BCUT2D eigenvalue weighted by molar-refractivity contribution is 0.180. The van der Waals surface area contributed by atoms with Crippen LogP contribution in [-0.2, 0) is 6.54 Å². The average molecular weight is 482 g/mol. The monoisotopic (exact) mass is 482 g/mol. The van der Waals surface area contributed by atoms with Crippen molar-refractivity contribution in [1.29, 1.82) is 0 Å². The highest BCUT2D eigenvalue weighted by Gasteiger charge is 2.19. The molecule has 2 N–H and O–H groups in total. The Bertz CT molecular complexity index is 595. The summed E-state index contributed by atoms with van der Waals surface area (Å²) in [5.41, 5.74) is 2.76. The van der Waals surface area contributed by atoms with Crippen molar-refractivity contribution in [2.24, 2.45) is 10.9 Å². The van der Waals surface area contributed by atoms with Gasteiger partial charge in [-0.3, -0.25) is 9.89 Å². The Kier molecular flexibility index (Phi) is 9.62. The summed E-state index contributed by atoms with van der Waals surface area (Å²) in [6.07, 6.45) is 9.24. The third-order valence-electron chi connectivity index (χ3n) is 5.43. The van der Waals surface area contributed by atoms with E-state index in [0.717, 1.165) is 38.4 Å². The molecule has 1 heterocycles. The van der Waals surface area contributed by atoms with Crippen LogP contribution in [0.1, 0.15) is 43.7 Å². The van der Waals surface area contributed by atoms with Crippen LogP contribution < -0.4 is 10.6 Å². The third-order valence-corrected chi connectivity index (χ3v) is 5.43. The number of nitrogens with zero attached hydrogens (tertiary/aromatic N) is 2. The van der Waals surface area contributed by atoms with E-state index in [0.29, 0.717) is 12.0 Å². The summed E-state index contributed by atoms with van der Waals surface area (Å²) in [5, 5.41) is 6.96. The van der Waals surface area contributed by atoms with Crippen molar-refractivity contribution in [2.45, 2.75) is 52.1 Å². The maximum absolute atomic E-state index is 4.87. The molecular weight excluding hydrogens is 447 g/mol. The number of piperidine rings is 1. The maximum atomic E-state index is 4.87. The van der Waals surface area contributed by atoms with Gasteiger partial charge in [-0.2, -0.15) is 0 Å². The van der Waals surface area contributed by atoms with Crippen LogP contribution in [0.5, 0.6) is 0 Å². The van der Waals surface area contributed by atoms with E-state index in [1.54, 1.807) is 0 Å². The number of likely N-dealkylation sites (tertiary alicyclic amines) is 1. The summed E-state index contributed by atoms with van der Waals surface area (Å²) in [6.45, 7) is 9.59. The van der Waals surface area contributed by atoms with Gasteiger partial charge in [0, 0.05) is 25.7 Å². The van der Waals surface area contributed by atoms with Gasteiger partial charge in [0.1, 0.15) is 0 Å². The van der Waals surface area contributed by atoms with E-state index >= 15 is 0 Å². The molecule has 0 aromatic heterocycles. The molecule has 0 amide bonds. The minimum Gasteiger partial charge on any atom is -0.357 e. The molecule has 27 heavy (non-hydrogen) atoms. The normalized spacial score (nSPS) is 19.1. The van der Waals surface area contributed by atoms with Gasteiger partial charge in [0.05, 0.1) is 0 Å². The zero-order chi connectivity index (χ0) is 18.2. The Balaban J connectivity index is 0.00000261. The fraction of sp³-hybridized carbons (Fsp3) is 0.591. The molecule has 0 radical (unpaired) electrons. The first-order chi connectivity index (χ1) is 12.7. The fourth-order valence-electron chi connectivity index (χ4n) is 3.75. The van der Waals surface area contributed by atoms with Crippen LogP contribution in [0.25, 0.3) is 0 Å². The van der Waals surface area contributed by atoms with Crippen molar-refractivity contribution in [1.82, 2.24) is 15.5 Å². The smallest absolute Gasteiger partial charge is 0.191 e. The average Bonchev–Trinajstić information content (AvgIpc) is 3.16. The Labute approximate surface area is 181 Å². The number of benzene rings is 1. The van der Waals surface area contributed by atoms with E-state index in [9.17, 15) is 0 Å². The summed E-state index contributed by atoms with van der Waals surface area (Å²) < 4.78 is 0. The molecular formula is C22H35IN4. The lowest BCUT2D eigenvalue weighted by Crippen LogP contribution is -2.43. The molecule has 1 fully saturated rings. The van der Waals surface area contributed by atoms with E-state index in [2.05, 4.69) is 65.8 Å². The van der Waals surface area contributed by atoms with Crippen LogP contribution in [0, 0.1) is 12.8 Å². The molecule has 0 bridgehead atoms. The number of hydrogen-bond acceptors (Lipinski definition) is 2. The fourth-order valence-corrected chi connectivity index (χ4v) is 3.75. The molecule has 0 saturated carbocycles. The number of aryl methyl sites for hydroxylation is 1. The van der Waals surface area contributed by atoms with Crippen LogP contribution in [-0.4, -0.2) is 43.1 Å². The summed E-state index contributed by atoms with van der Waals surface area (Å²) >= 11 is 0. The number of nitrogens with one attached hydrogen (secondary N) is 2. The maximum Gasteiger partial charge on any atom is 0.191 e. The van der Waals surface area contributed by atoms with Gasteiger partial charge in [-0.05, 0) is 64.1 Å². The number of halogens is 1. The largest absolute Gasteiger partial charge is 0.357 e. The van der Waals surface area contributed by atoms with Crippen LogP contribution in [0.2, 0.25) is 0 Å². The van der Waals surface area contributed by atoms with E-state index in [-0.39, 0.29) is 24.0 Å². The minimum atomic E-state index is 0. The predicted octanol–water partition coefficient (Wildman–Crippen LogP) is 4.10. The van der Waals surface area contributed by atoms with Crippen molar-refractivity contribution >= 4 is 29.9 Å². The quantitative estimate of drug-likeness (QED) is 0.278. The minimum absolute atomic E-state index is 0. The molecule has 2 aliphatic rings. The Hall–Kier alpha value is -1.08. The lowest BCUT2D eigenvalue weighted by Gasteiger charge is -2.31. The Morgan fingerprint density at radius 1 is 1.11 bits per heavy atom. The summed E-state index contributed by atoms with van der Waals surface area (Å²) in [7, 11) is 0. The molecule has 1 aromatic carbocycles. The molecule has 3 rings (SSSR count). The SMILES string of the molecule is CCNC(=NCC1CCN(Cc2ccc(C)cc2)CC1)NC1CC=CC1.I. The van der Waals surface area contributed by atoms with Crippen molar-refractivity contribution in [2.75, 3.05) is 26.2 Å². The molecule has 150 valence electrons. The van der Waals surface area contributed by atoms with Gasteiger partial charge in [-0.1, -0.05) is 42.0 Å². The van der Waals surface area contributed by atoms with Crippen LogP contribution in [0.15, 0.2) is 41.4 Å². The van der Waals surface area contributed by atoms with E-state index < -0.39 is 0 Å². The van der Waals surface area contributed by atoms with Crippen molar-refractivity contribution < 1.29 is 0 Å². The highest BCUT2D eigenvalue weighted by atomic mass is 127. The first kappa shape index (κ1) is 22.2. The van der Waals surface area contributed by atoms with E-state index in [4.69, 9.17) is 4.99 Å². The van der Waals surface area contributed by atoms with Gasteiger partial charge in [0.15, 0.2) is 5.96 Å². The summed E-state index contributed by atoms with van der Waals surface area (Å²) in [5.74, 6) is 1.70. The second-order valence-electron chi connectivity index (χ2n) is 7.71. The molecule has 1 aliphatic heterocycles. The van der Waals surface area contributed by atoms with Crippen LogP contribution >= 0.6 is 24.0 Å². The molecule has 1 aliphatic carbocycles.